The van der Waals surface area contributed by atoms with Crippen molar-refractivity contribution in [3.8, 4) is 0 Å². The molecular weight excluding hydrogens is 158 g/mol. The smallest absolute Gasteiger partial charge is 0.100 e. The van der Waals surface area contributed by atoms with Crippen LogP contribution in [0.5, 0.6) is 0 Å². The van der Waals surface area contributed by atoms with E-state index in [1.807, 2.05) is 13.8 Å². The predicted molar refractivity (Wildman–Crippen MR) is 48.9 cm³/mol. The summed E-state index contributed by atoms with van der Waals surface area (Å²) in [6.45, 7) is 5.09. The third-order valence-corrected chi connectivity index (χ3v) is 1.01. The second-order valence-corrected chi connectivity index (χ2v) is 2.05. The number of hydrogen-bond donors (Lipinski definition) is 3. The number of hydrogen-bond acceptors (Lipinski definition) is 4. The summed E-state index contributed by atoms with van der Waals surface area (Å²) in [5.41, 5.74) is 5.19. The van der Waals surface area contributed by atoms with Gasteiger partial charge in [0, 0.05) is 6.61 Å². The van der Waals surface area contributed by atoms with Gasteiger partial charge in [-0.05, 0) is 13.0 Å². The first-order chi connectivity index (χ1) is 5.81. The molecule has 0 aliphatic rings. The molecule has 0 aliphatic carbocycles. The van der Waals surface area contributed by atoms with Crippen LogP contribution in [-0.4, -0.2) is 42.7 Å². The van der Waals surface area contributed by atoms with Crippen LogP contribution in [-0.2, 0) is 4.74 Å². The largest absolute Gasteiger partial charge is 0.394 e. The Balaban J connectivity index is 0. The Hall–Kier alpha value is -0.160. The van der Waals surface area contributed by atoms with Gasteiger partial charge in [0.15, 0.2) is 0 Å². The molecule has 0 saturated carbocycles. The van der Waals surface area contributed by atoms with Gasteiger partial charge < -0.3 is 20.7 Å². The molecule has 4 nitrogen and oxygen atoms in total. The molecule has 12 heavy (non-hydrogen) atoms. The first-order valence-electron chi connectivity index (χ1n) is 4.38. The van der Waals surface area contributed by atoms with Gasteiger partial charge in [-0.3, -0.25) is 0 Å². The van der Waals surface area contributed by atoms with E-state index in [9.17, 15) is 0 Å². The van der Waals surface area contributed by atoms with E-state index in [2.05, 4.69) is 0 Å². The van der Waals surface area contributed by atoms with E-state index < -0.39 is 6.10 Å². The number of nitrogens with two attached hydrogens (primary N) is 1. The molecule has 0 aromatic carbocycles. The minimum atomic E-state index is -0.752. The maximum atomic E-state index is 8.75. The van der Waals surface area contributed by atoms with E-state index in [4.69, 9.17) is 20.7 Å². The lowest BCUT2D eigenvalue weighted by Gasteiger charge is -2.06. The Morgan fingerprint density at radius 1 is 1.42 bits per heavy atom. The first-order valence-corrected chi connectivity index (χ1v) is 4.38. The van der Waals surface area contributed by atoms with Crippen molar-refractivity contribution in [1.29, 1.82) is 0 Å². The second kappa shape index (κ2) is 13.4. The Bertz CT molecular complexity index is 71.3. The number of rotatable bonds is 6. The molecule has 0 rings (SSSR count). The molecule has 4 N–H and O–H groups in total. The molecular formula is C8H21NO3. The lowest BCUT2D eigenvalue weighted by Crippen LogP contribution is -2.20. The first kappa shape index (κ1) is 14.4. The van der Waals surface area contributed by atoms with Crippen molar-refractivity contribution in [2.75, 3.05) is 26.4 Å². The van der Waals surface area contributed by atoms with Crippen molar-refractivity contribution in [3.05, 3.63) is 0 Å². The van der Waals surface area contributed by atoms with Gasteiger partial charge in [-0.15, -0.1) is 0 Å². The third-order valence-electron chi connectivity index (χ3n) is 1.01. The highest BCUT2D eigenvalue weighted by Gasteiger charge is 1.99. The summed E-state index contributed by atoms with van der Waals surface area (Å²) in [6, 6.07) is 0. The zero-order valence-corrected chi connectivity index (χ0v) is 7.99. The van der Waals surface area contributed by atoms with Crippen LogP contribution in [0.15, 0.2) is 0 Å². The number of ether oxygens (including phenoxy) is 1. The molecule has 1 atom stereocenters. The van der Waals surface area contributed by atoms with Gasteiger partial charge in [0.1, 0.15) is 6.10 Å². The Kier molecular flexibility index (Phi) is 16.1. The van der Waals surface area contributed by atoms with Crippen molar-refractivity contribution in [2.24, 2.45) is 5.73 Å². The van der Waals surface area contributed by atoms with Crippen molar-refractivity contribution >= 4 is 0 Å². The summed E-state index contributed by atoms with van der Waals surface area (Å²) >= 11 is 0. The third kappa shape index (κ3) is 12.5. The van der Waals surface area contributed by atoms with Crippen LogP contribution < -0.4 is 5.73 Å². The SMILES string of the molecule is CC.NCCCOCC(O)CO. The summed E-state index contributed by atoms with van der Waals surface area (Å²) in [5.74, 6) is 0. The fourth-order valence-electron chi connectivity index (χ4n) is 0.457. The minimum Gasteiger partial charge on any atom is -0.394 e. The van der Waals surface area contributed by atoms with E-state index in [-0.39, 0.29) is 13.2 Å². The summed E-state index contributed by atoms with van der Waals surface area (Å²) in [7, 11) is 0. The molecule has 0 saturated heterocycles. The normalized spacial score (nSPS) is 11.8. The molecule has 76 valence electrons. The molecule has 0 amide bonds. The van der Waals surface area contributed by atoms with Crippen molar-refractivity contribution in [3.63, 3.8) is 0 Å². The van der Waals surface area contributed by atoms with Crippen LogP contribution in [0.1, 0.15) is 20.3 Å². The van der Waals surface area contributed by atoms with Gasteiger partial charge in [0.2, 0.25) is 0 Å². The topological polar surface area (TPSA) is 75.7 Å². The van der Waals surface area contributed by atoms with E-state index in [1.165, 1.54) is 0 Å². The van der Waals surface area contributed by atoms with E-state index >= 15 is 0 Å². The molecule has 0 radical (unpaired) electrons. The molecule has 0 heterocycles. The maximum absolute atomic E-state index is 8.75. The van der Waals surface area contributed by atoms with Gasteiger partial charge in [0.25, 0.3) is 0 Å². The van der Waals surface area contributed by atoms with Crippen LogP contribution in [0, 0.1) is 0 Å². The quantitative estimate of drug-likeness (QED) is 0.491. The molecule has 0 spiro atoms. The van der Waals surface area contributed by atoms with E-state index in [0.29, 0.717) is 13.2 Å². The molecule has 0 fully saturated rings. The van der Waals surface area contributed by atoms with Crippen molar-refractivity contribution in [1.82, 2.24) is 0 Å². The van der Waals surface area contributed by atoms with Gasteiger partial charge in [-0.25, -0.2) is 0 Å². The van der Waals surface area contributed by atoms with Gasteiger partial charge in [0.05, 0.1) is 13.2 Å². The van der Waals surface area contributed by atoms with Crippen LogP contribution in [0.4, 0.5) is 0 Å². The van der Waals surface area contributed by atoms with Crippen LogP contribution in [0.3, 0.4) is 0 Å². The standard InChI is InChI=1S/C6H15NO3.C2H6/c7-2-1-3-10-5-6(9)4-8;1-2/h6,8-9H,1-5,7H2;1-2H3. The summed E-state index contributed by atoms with van der Waals surface area (Å²) in [6.07, 6.45) is 0.0378. The molecule has 0 aliphatic heterocycles. The number of aliphatic hydroxyl groups is 2. The average molecular weight is 179 g/mol. The zero-order valence-electron chi connectivity index (χ0n) is 7.99. The maximum Gasteiger partial charge on any atom is 0.100 e. The lowest BCUT2D eigenvalue weighted by atomic mass is 10.4. The highest BCUT2D eigenvalue weighted by Crippen LogP contribution is 1.84. The zero-order chi connectivity index (χ0) is 9.82. The highest BCUT2D eigenvalue weighted by atomic mass is 16.5. The van der Waals surface area contributed by atoms with Crippen molar-refractivity contribution in [2.45, 2.75) is 26.4 Å². The van der Waals surface area contributed by atoms with E-state index in [1.54, 1.807) is 0 Å². The Labute approximate surface area is 74.3 Å². The minimum absolute atomic E-state index is 0.191. The van der Waals surface area contributed by atoms with Gasteiger partial charge in [-0.2, -0.15) is 0 Å². The summed E-state index contributed by atoms with van der Waals surface area (Å²) in [4.78, 5) is 0. The van der Waals surface area contributed by atoms with Crippen LogP contribution in [0.2, 0.25) is 0 Å². The summed E-state index contributed by atoms with van der Waals surface area (Å²) in [5, 5.41) is 17.1. The second-order valence-electron chi connectivity index (χ2n) is 2.05. The van der Waals surface area contributed by atoms with Crippen molar-refractivity contribution < 1.29 is 14.9 Å². The van der Waals surface area contributed by atoms with Crippen LogP contribution in [0.25, 0.3) is 0 Å². The van der Waals surface area contributed by atoms with Gasteiger partial charge >= 0.3 is 0 Å². The molecule has 0 aromatic heterocycles. The highest BCUT2D eigenvalue weighted by molar-refractivity contribution is 4.48. The monoisotopic (exact) mass is 179 g/mol. The fourth-order valence-corrected chi connectivity index (χ4v) is 0.457. The lowest BCUT2D eigenvalue weighted by molar-refractivity contribution is 0.00612. The summed E-state index contributed by atoms with van der Waals surface area (Å²) < 4.78 is 4.94. The molecule has 0 bridgehead atoms. The fraction of sp³-hybridized carbons (Fsp3) is 1.00. The molecule has 0 aromatic rings. The number of aliphatic hydroxyl groups excluding tert-OH is 2. The Morgan fingerprint density at radius 3 is 2.42 bits per heavy atom. The van der Waals surface area contributed by atoms with Crippen LogP contribution >= 0.6 is 0 Å². The predicted octanol–water partition coefficient (Wildman–Crippen LogP) is -0.269. The average Bonchev–Trinajstić information content (AvgIpc) is 2.15. The molecule has 1 unspecified atom stereocenters. The van der Waals surface area contributed by atoms with E-state index in [0.717, 1.165) is 6.42 Å². The van der Waals surface area contributed by atoms with Gasteiger partial charge in [-0.1, -0.05) is 13.8 Å². The Morgan fingerprint density at radius 2 is 2.00 bits per heavy atom. The molecule has 4 heteroatoms.